The number of aliphatic carboxylic acids is 1. The van der Waals surface area contributed by atoms with E-state index >= 15 is 0 Å². The third kappa shape index (κ3) is 42.3. The molecule has 8 nitrogen and oxygen atoms in total. The molecule has 2 unspecified atom stereocenters. The van der Waals surface area contributed by atoms with Crippen LogP contribution in [0.1, 0.15) is 213 Å². The number of hydrogen-bond acceptors (Lipinski definition) is 7. The van der Waals surface area contributed by atoms with Gasteiger partial charge in [-0.1, -0.05) is 197 Å². The van der Waals surface area contributed by atoms with E-state index in [0.717, 1.165) is 64.2 Å². The predicted octanol–water partition coefficient (Wildman–Crippen LogP) is 13.2. The first-order chi connectivity index (χ1) is 30.1. The number of carboxylic acids is 1. The number of ether oxygens (including phenoxy) is 3. The lowest BCUT2D eigenvalue weighted by molar-refractivity contribution is -0.889. The minimum absolute atomic E-state index is 0.0295. The standard InChI is InChI=1S/C54H95NO7/c1-6-8-10-12-14-16-18-20-22-23-24-25-26-27-28-29-31-33-35-37-39-41-43-45-53(57)62-50(48-60-47-46-51(54(58)59)55(3,4)5)49-61-52(56)44-42-40-38-36-34-32-30-21-19-17-15-13-11-9-7-2/h9,11,13,15,17,19,21,27-28,30,50-51H,6-8,10,12,14,16,18,20,22-26,29,31-49H2,1-5H3/b11-9+,15-13+,19-17+,28-27+,30-21+. The Labute approximate surface area is 381 Å². The van der Waals surface area contributed by atoms with Crippen molar-refractivity contribution >= 4 is 17.9 Å². The third-order valence-electron chi connectivity index (χ3n) is 11.2. The molecular formula is C54H95NO7. The van der Waals surface area contributed by atoms with E-state index in [4.69, 9.17) is 14.2 Å². The van der Waals surface area contributed by atoms with E-state index in [1.807, 2.05) is 24.3 Å². The monoisotopic (exact) mass is 870 g/mol. The Bertz CT molecular complexity index is 1200. The minimum Gasteiger partial charge on any atom is -0.544 e. The van der Waals surface area contributed by atoms with Crippen molar-refractivity contribution in [3.05, 3.63) is 60.8 Å². The van der Waals surface area contributed by atoms with E-state index < -0.39 is 18.1 Å². The van der Waals surface area contributed by atoms with Gasteiger partial charge in [0.05, 0.1) is 40.3 Å². The van der Waals surface area contributed by atoms with Gasteiger partial charge in [-0.25, -0.2) is 0 Å². The Kier molecular flexibility index (Phi) is 42.5. The summed E-state index contributed by atoms with van der Waals surface area (Å²) in [7, 11) is 5.40. The summed E-state index contributed by atoms with van der Waals surface area (Å²) >= 11 is 0. The topological polar surface area (TPSA) is 102 Å². The second-order valence-electron chi connectivity index (χ2n) is 18.1. The van der Waals surface area contributed by atoms with E-state index in [-0.39, 0.29) is 42.7 Å². The number of likely N-dealkylation sites (N-methyl/N-ethyl adjacent to an activating group) is 1. The summed E-state index contributed by atoms with van der Waals surface area (Å²) in [5.74, 6) is -1.77. The summed E-state index contributed by atoms with van der Waals surface area (Å²) in [5.41, 5.74) is 0. The van der Waals surface area contributed by atoms with Crippen LogP contribution in [-0.4, -0.2) is 75.5 Å². The number of nitrogens with zero attached hydrogens (tertiary/aromatic N) is 1. The molecule has 0 aromatic heterocycles. The molecule has 0 aromatic rings. The summed E-state index contributed by atoms with van der Waals surface area (Å²) < 4.78 is 17.2. The van der Waals surface area contributed by atoms with Crippen LogP contribution in [0.25, 0.3) is 0 Å². The van der Waals surface area contributed by atoms with Crippen LogP contribution in [0.4, 0.5) is 0 Å². The number of quaternary nitrogens is 1. The van der Waals surface area contributed by atoms with E-state index in [9.17, 15) is 19.5 Å². The van der Waals surface area contributed by atoms with Gasteiger partial charge >= 0.3 is 11.9 Å². The number of carbonyl (C=O) groups excluding carboxylic acids is 3. The highest BCUT2D eigenvalue weighted by atomic mass is 16.6. The first kappa shape index (κ1) is 59.0. The van der Waals surface area contributed by atoms with Crippen LogP contribution in [0.2, 0.25) is 0 Å². The van der Waals surface area contributed by atoms with Crippen LogP contribution < -0.4 is 5.11 Å². The van der Waals surface area contributed by atoms with E-state index in [2.05, 4.69) is 50.3 Å². The van der Waals surface area contributed by atoms with Crippen LogP contribution in [0, 0.1) is 0 Å². The highest BCUT2D eigenvalue weighted by Crippen LogP contribution is 2.15. The van der Waals surface area contributed by atoms with Crippen molar-refractivity contribution in [3.63, 3.8) is 0 Å². The number of hydrogen-bond donors (Lipinski definition) is 0. The molecular weight excluding hydrogens is 775 g/mol. The molecule has 62 heavy (non-hydrogen) atoms. The number of esters is 2. The Hall–Kier alpha value is -2.97. The first-order valence-corrected chi connectivity index (χ1v) is 25.4. The molecule has 0 rings (SSSR count). The molecule has 2 atom stereocenters. The Morgan fingerprint density at radius 2 is 0.919 bits per heavy atom. The number of unbranched alkanes of at least 4 members (excludes halogenated alkanes) is 24. The molecule has 0 heterocycles. The van der Waals surface area contributed by atoms with Crippen molar-refractivity contribution in [3.8, 4) is 0 Å². The molecule has 0 saturated carbocycles. The van der Waals surface area contributed by atoms with Crippen molar-refractivity contribution in [1.82, 2.24) is 0 Å². The number of allylic oxidation sites excluding steroid dienone is 10. The van der Waals surface area contributed by atoms with Crippen LogP contribution in [0.5, 0.6) is 0 Å². The van der Waals surface area contributed by atoms with Crippen LogP contribution >= 0.6 is 0 Å². The molecule has 8 heteroatoms. The van der Waals surface area contributed by atoms with Gasteiger partial charge in [0.1, 0.15) is 12.6 Å². The maximum Gasteiger partial charge on any atom is 0.306 e. The number of rotatable bonds is 45. The molecule has 0 amide bonds. The summed E-state index contributed by atoms with van der Waals surface area (Å²) in [6.45, 7) is 4.51. The number of carboxylic acid groups (broad SMARTS) is 1. The van der Waals surface area contributed by atoms with Gasteiger partial charge in [0.15, 0.2) is 6.10 Å². The van der Waals surface area contributed by atoms with Gasteiger partial charge in [-0.2, -0.15) is 0 Å². The van der Waals surface area contributed by atoms with Gasteiger partial charge in [-0.15, -0.1) is 0 Å². The average Bonchev–Trinajstić information content (AvgIpc) is 3.23. The van der Waals surface area contributed by atoms with Gasteiger partial charge in [0.25, 0.3) is 0 Å². The first-order valence-electron chi connectivity index (χ1n) is 25.4. The number of carbonyl (C=O) groups is 3. The maximum atomic E-state index is 12.8. The lowest BCUT2D eigenvalue weighted by Gasteiger charge is -2.34. The molecule has 0 saturated heterocycles. The second-order valence-corrected chi connectivity index (χ2v) is 18.1. The lowest BCUT2D eigenvalue weighted by atomic mass is 10.0. The third-order valence-corrected chi connectivity index (χ3v) is 11.2. The normalized spacial score (nSPS) is 13.4. The van der Waals surface area contributed by atoms with Gasteiger partial charge in [-0.3, -0.25) is 9.59 Å². The van der Waals surface area contributed by atoms with Crippen molar-refractivity contribution in [2.45, 2.75) is 225 Å². The van der Waals surface area contributed by atoms with Gasteiger partial charge in [0.2, 0.25) is 0 Å². The van der Waals surface area contributed by atoms with Crippen molar-refractivity contribution in [1.29, 1.82) is 0 Å². The fourth-order valence-corrected chi connectivity index (χ4v) is 7.31. The second kappa shape index (κ2) is 44.6. The molecule has 0 aromatic carbocycles. The zero-order valence-electron chi connectivity index (χ0n) is 40.8. The van der Waals surface area contributed by atoms with Gasteiger partial charge < -0.3 is 28.6 Å². The quantitative estimate of drug-likeness (QED) is 0.0197. The van der Waals surface area contributed by atoms with E-state index in [1.165, 1.54) is 116 Å². The fraction of sp³-hybridized carbons (Fsp3) is 0.759. The highest BCUT2D eigenvalue weighted by molar-refractivity contribution is 5.70. The molecule has 0 aliphatic rings. The lowest BCUT2D eigenvalue weighted by Crippen LogP contribution is -2.55. The zero-order valence-corrected chi connectivity index (χ0v) is 40.8. The summed E-state index contributed by atoms with van der Waals surface area (Å²) in [6, 6.07) is -0.733. The fourth-order valence-electron chi connectivity index (χ4n) is 7.31. The smallest absolute Gasteiger partial charge is 0.306 e. The maximum absolute atomic E-state index is 12.8. The predicted molar refractivity (Wildman–Crippen MR) is 259 cm³/mol. The largest absolute Gasteiger partial charge is 0.544 e. The summed E-state index contributed by atoms with van der Waals surface area (Å²) in [5, 5.41) is 11.7. The van der Waals surface area contributed by atoms with Gasteiger partial charge in [-0.05, 0) is 57.8 Å². The molecule has 0 bridgehead atoms. The molecule has 358 valence electrons. The summed E-state index contributed by atoms with van der Waals surface area (Å²) in [4.78, 5) is 37.0. The van der Waals surface area contributed by atoms with Crippen LogP contribution in [0.3, 0.4) is 0 Å². The summed E-state index contributed by atoms with van der Waals surface area (Å²) in [6.07, 6.45) is 55.4. The SMILES string of the molecule is CC/C=C/C=C/C=C/C=C/CCCCCCCC(=O)OCC(COCCC(C(=O)[O-])[N+](C)(C)C)OC(=O)CCCCCCCCC/C=C/CCCCCCCCCCCCCC. The molecule has 0 aliphatic carbocycles. The molecule has 0 radical (unpaired) electrons. The molecule has 0 aliphatic heterocycles. The van der Waals surface area contributed by atoms with Crippen molar-refractivity contribution in [2.24, 2.45) is 0 Å². The van der Waals surface area contributed by atoms with Gasteiger partial charge in [0, 0.05) is 19.3 Å². The van der Waals surface area contributed by atoms with Crippen molar-refractivity contribution in [2.75, 3.05) is 41.0 Å². The Balaban J connectivity index is 4.25. The Morgan fingerprint density at radius 1 is 0.500 bits per heavy atom. The van der Waals surface area contributed by atoms with Crippen LogP contribution in [-0.2, 0) is 28.6 Å². The average molecular weight is 870 g/mol. The molecule has 0 N–H and O–H groups in total. The minimum atomic E-state index is -1.13. The highest BCUT2D eigenvalue weighted by Gasteiger charge is 2.25. The van der Waals surface area contributed by atoms with E-state index in [0.29, 0.717) is 12.8 Å². The molecule has 0 fully saturated rings. The van der Waals surface area contributed by atoms with Crippen molar-refractivity contribution < 1.29 is 38.2 Å². The molecule has 0 spiro atoms. The Morgan fingerprint density at radius 3 is 1.39 bits per heavy atom. The van der Waals surface area contributed by atoms with Crippen LogP contribution in [0.15, 0.2) is 60.8 Å². The van der Waals surface area contributed by atoms with E-state index in [1.54, 1.807) is 21.1 Å². The zero-order chi connectivity index (χ0) is 45.6.